The summed E-state index contributed by atoms with van der Waals surface area (Å²) in [6.45, 7) is 0. The van der Waals surface area contributed by atoms with Gasteiger partial charge in [0.2, 0.25) is 5.72 Å². The van der Waals surface area contributed by atoms with Crippen LogP contribution in [0.5, 0.6) is 0 Å². The quantitative estimate of drug-likeness (QED) is 0.252. The van der Waals surface area contributed by atoms with Crippen LogP contribution in [-0.4, -0.2) is 0 Å². The Kier molecular flexibility index (Phi) is 5.07. The van der Waals surface area contributed by atoms with E-state index in [1.54, 1.807) is 12.1 Å². The van der Waals surface area contributed by atoms with Gasteiger partial charge < -0.3 is 33.4 Å². The minimum Gasteiger partial charge on any atom is -0.452 e. The Labute approximate surface area is 204 Å². The first-order valence-electron chi connectivity index (χ1n) is 11.2. The molecular formula is C28H28N6O. The van der Waals surface area contributed by atoms with Gasteiger partial charge in [0, 0.05) is 33.9 Å². The minimum atomic E-state index is -1.44. The largest absolute Gasteiger partial charge is 0.452 e. The Bertz CT molecular complexity index is 1350. The lowest BCUT2D eigenvalue weighted by atomic mass is 9.60. The first-order valence-corrected chi connectivity index (χ1v) is 11.2. The van der Waals surface area contributed by atoms with Crippen LogP contribution in [0.1, 0.15) is 22.3 Å². The summed E-state index contributed by atoms with van der Waals surface area (Å²) in [4.78, 5) is 0. The summed E-state index contributed by atoms with van der Waals surface area (Å²) in [6, 6.07) is 29.9. The van der Waals surface area contributed by atoms with Crippen molar-refractivity contribution in [1.82, 2.24) is 0 Å². The Balaban J connectivity index is 1.92. The smallest absolute Gasteiger partial charge is 0.204 e. The maximum atomic E-state index is 7.33. The van der Waals surface area contributed by atoms with Crippen molar-refractivity contribution in [1.29, 1.82) is 0 Å². The van der Waals surface area contributed by atoms with Gasteiger partial charge in [-0.1, -0.05) is 48.5 Å². The van der Waals surface area contributed by atoms with E-state index in [0.29, 0.717) is 33.9 Å². The third-order valence-electron chi connectivity index (χ3n) is 6.68. The van der Waals surface area contributed by atoms with Crippen LogP contribution in [0.4, 0.5) is 22.7 Å². The number of hydrogen-bond donors (Lipinski definition) is 6. The van der Waals surface area contributed by atoms with Crippen LogP contribution in [0.15, 0.2) is 103 Å². The molecule has 1 heterocycles. The zero-order valence-corrected chi connectivity index (χ0v) is 19.1. The highest BCUT2D eigenvalue weighted by atomic mass is 16.5. The molecule has 176 valence electrons. The zero-order chi connectivity index (χ0) is 24.8. The monoisotopic (exact) mass is 464 g/mol. The van der Waals surface area contributed by atoms with E-state index in [4.69, 9.17) is 39.1 Å². The van der Waals surface area contributed by atoms with Gasteiger partial charge in [-0.05, 0) is 65.2 Å². The predicted molar refractivity (Wildman–Crippen MR) is 142 cm³/mol. The Morgan fingerprint density at radius 3 is 1.20 bits per heavy atom. The number of benzene rings is 4. The molecule has 0 fully saturated rings. The molecule has 0 saturated heterocycles. The van der Waals surface area contributed by atoms with E-state index in [1.165, 1.54) is 0 Å². The molecule has 7 heteroatoms. The summed E-state index contributed by atoms with van der Waals surface area (Å²) in [7, 11) is 0. The van der Waals surface area contributed by atoms with Gasteiger partial charge in [0.05, 0.1) is 0 Å². The van der Waals surface area contributed by atoms with E-state index in [0.717, 1.165) is 16.7 Å². The summed E-state index contributed by atoms with van der Waals surface area (Å²) in [5.74, 6) is 0.211. The van der Waals surface area contributed by atoms with Gasteiger partial charge in [-0.2, -0.15) is 0 Å². The highest BCUT2D eigenvalue weighted by Crippen LogP contribution is 2.60. The van der Waals surface area contributed by atoms with Crippen LogP contribution in [0.3, 0.4) is 0 Å². The number of hydrogen-bond acceptors (Lipinski definition) is 7. The average molecular weight is 465 g/mol. The molecule has 35 heavy (non-hydrogen) atoms. The van der Waals surface area contributed by atoms with Gasteiger partial charge in [0.1, 0.15) is 5.41 Å². The molecule has 12 N–H and O–H groups in total. The first-order chi connectivity index (χ1) is 16.8. The number of ether oxygens (including phenoxy) is 1. The van der Waals surface area contributed by atoms with Gasteiger partial charge in [-0.15, -0.1) is 0 Å². The first kappa shape index (κ1) is 22.2. The molecule has 4 aromatic rings. The topological polar surface area (TPSA) is 165 Å². The third-order valence-corrected chi connectivity index (χ3v) is 6.68. The van der Waals surface area contributed by atoms with Crippen molar-refractivity contribution in [2.75, 3.05) is 22.9 Å². The van der Waals surface area contributed by atoms with Crippen LogP contribution >= 0.6 is 0 Å². The number of anilines is 4. The van der Waals surface area contributed by atoms with Crippen molar-refractivity contribution in [2.24, 2.45) is 11.5 Å². The third kappa shape index (κ3) is 3.33. The van der Waals surface area contributed by atoms with E-state index in [2.05, 4.69) is 0 Å². The van der Waals surface area contributed by atoms with Crippen molar-refractivity contribution in [3.63, 3.8) is 0 Å². The second-order valence-electron chi connectivity index (χ2n) is 8.81. The summed E-state index contributed by atoms with van der Waals surface area (Å²) >= 11 is 0. The fraction of sp³-hybridized carbons (Fsp3) is 0.0714. The van der Waals surface area contributed by atoms with E-state index in [1.807, 2.05) is 84.9 Å². The lowest BCUT2D eigenvalue weighted by Gasteiger charge is -2.44. The second-order valence-corrected chi connectivity index (χ2v) is 8.81. The van der Waals surface area contributed by atoms with E-state index >= 15 is 0 Å². The van der Waals surface area contributed by atoms with Gasteiger partial charge in [-0.3, -0.25) is 5.73 Å². The lowest BCUT2D eigenvalue weighted by Crippen LogP contribution is -2.55. The fourth-order valence-corrected chi connectivity index (χ4v) is 5.04. The highest BCUT2D eigenvalue weighted by Gasteiger charge is 2.62. The van der Waals surface area contributed by atoms with E-state index in [-0.39, 0.29) is 5.88 Å². The summed E-state index contributed by atoms with van der Waals surface area (Å²) < 4.78 is 6.46. The summed E-state index contributed by atoms with van der Waals surface area (Å²) in [5.41, 5.74) is 42.1. The molecule has 0 aliphatic carbocycles. The maximum Gasteiger partial charge on any atom is 0.204 e. The van der Waals surface area contributed by atoms with Crippen LogP contribution in [0, 0.1) is 0 Å². The molecule has 1 aliphatic heterocycles. The van der Waals surface area contributed by atoms with Crippen molar-refractivity contribution < 1.29 is 4.74 Å². The van der Waals surface area contributed by atoms with Gasteiger partial charge >= 0.3 is 0 Å². The molecule has 7 nitrogen and oxygen atoms in total. The second kappa shape index (κ2) is 8.00. The van der Waals surface area contributed by atoms with Crippen LogP contribution in [0.25, 0.3) is 5.57 Å². The molecule has 0 amide bonds. The number of nitrogens with two attached hydrogens (primary N) is 6. The van der Waals surface area contributed by atoms with Crippen LogP contribution in [-0.2, 0) is 15.9 Å². The molecule has 1 unspecified atom stereocenters. The molecule has 4 aromatic carbocycles. The predicted octanol–water partition coefficient (Wildman–Crippen LogP) is 3.47. The molecular weight excluding hydrogens is 436 g/mol. The van der Waals surface area contributed by atoms with Crippen molar-refractivity contribution in [2.45, 2.75) is 11.1 Å². The van der Waals surface area contributed by atoms with Gasteiger partial charge in [0.15, 0.2) is 5.88 Å². The lowest BCUT2D eigenvalue weighted by molar-refractivity contribution is -0.0102. The molecule has 1 aliphatic rings. The minimum absolute atomic E-state index is 0.211. The zero-order valence-electron chi connectivity index (χ0n) is 19.1. The van der Waals surface area contributed by atoms with Crippen LogP contribution in [0.2, 0.25) is 0 Å². The van der Waals surface area contributed by atoms with Crippen molar-refractivity contribution in [3.8, 4) is 0 Å². The van der Waals surface area contributed by atoms with E-state index in [9.17, 15) is 0 Å². The Morgan fingerprint density at radius 1 is 0.457 bits per heavy atom. The van der Waals surface area contributed by atoms with Gasteiger partial charge in [-0.25, -0.2) is 0 Å². The molecule has 1 atom stereocenters. The average Bonchev–Trinajstić information content (AvgIpc) is 3.09. The van der Waals surface area contributed by atoms with Crippen molar-refractivity contribution >= 4 is 28.3 Å². The normalized spacial score (nSPS) is 18.9. The van der Waals surface area contributed by atoms with Crippen molar-refractivity contribution in [3.05, 3.63) is 125 Å². The molecule has 0 bridgehead atoms. The summed E-state index contributed by atoms with van der Waals surface area (Å²) in [5, 5.41) is 0. The molecule has 0 aromatic heterocycles. The standard InChI is InChI=1S/C28H28N6O/c29-21-9-1-17(2-10-21)25-26(33)35-28(34,20-7-15-24(32)16-8-20)27(25,18-3-11-22(30)12-4-18)19-5-13-23(31)14-6-19/h1-16H,29-34H2. The Morgan fingerprint density at radius 2 is 0.800 bits per heavy atom. The molecule has 0 radical (unpaired) electrons. The molecule has 5 rings (SSSR count). The molecule has 0 spiro atoms. The highest BCUT2D eigenvalue weighted by molar-refractivity contribution is 5.85. The number of rotatable bonds is 4. The fourth-order valence-electron chi connectivity index (χ4n) is 5.04. The summed E-state index contributed by atoms with van der Waals surface area (Å²) in [6.07, 6.45) is 0. The van der Waals surface area contributed by atoms with Gasteiger partial charge in [0.25, 0.3) is 0 Å². The Hall–Kier alpha value is -4.62. The molecule has 0 saturated carbocycles. The number of nitrogen functional groups attached to an aromatic ring is 4. The maximum absolute atomic E-state index is 7.33. The van der Waals surface area contributed by atoms with Crippen LogP contribution < -0.4 is 34.4 Å². The SMILES string of the molecule is NC1=C(c2ccc(N)cc2)C(c2ccc(N)cc2)(c2ccc(N)cc2)C(N)(c2ccc(N)cc2)O1. The van der Waals surface area contributed by atoms with E-state index < -0.39 is 11.1 Å².